The minimum absolute atomic E-state index is 0.180. The molecule has 0 aliphatic carbocycles. The van der Waals surface area contributed by atoms with Gasteiger partial charge in [-0.25, -0.2) is 0 Å². The number of hydrogen-bond acceptors (Lipinski definition) is 2. The van der Waals surface area contributed by atoms with Crippen molar-refractivity contribution in [3.63, 3.8) is 0 Å². The van der Waals surface area contributed by atoms with E-state index < -0.39 is 28.6 Å². The van der Waals surface area contributed by atoms with Crippen LogP contribution in [0.5, 0.6) is 0 Å². The molecule has 2 nitrogen and oxygen atoms in total. The molecule has 6 heteroatoms. The molecule has 2 N–H and O–H groups in total. The van der Waals surface area contributed by atoms with E-state index in [0.717, 1.165) is 12.1 Å². The summed E-state index contributed by atoms with van der Waals surface area (Å²) in [7, 11) is -1.11. The Hall–Kier alpha value is -0.880. The number of alkyl halides is 3. The second-order valence-corrected chi connectivity index (χ2v) is 6.44. The summed E-state index contributed by atoms with van der Waals surface area (Å²) in [5, 5.41) is 0. The van der Waals surface area contributed by atoms with Crippen molar-refractivity contribution in [2.24, 2.45) is 11.7 Å². The molecule has 1 rings (SSSR count). The lowest BCUT2D eigenvalue weighted by atomic mass is 10.1. The third-order valence-corrected chi connectivity index (χ3v) is 4.30. The predicted octanol–water partition coefficient (Wildman–Crippen LogP) is 3.11. The molecule has 0 saturated carbocycles. The molecule has 1 aromatic rings. The molecule has 0 heterocycles. The summed E-state index contributed by atoms with van der Waals surface area (Å²) >= 11 is 0. The van der Waals surface area contributed by atoms with E-state index >= 15 is 0 Å². The molecule has 2 unspecified atom stereocenters. The van der Waals surface area contributed by atoms with Crippen molar-refractivity contribution in [3.8, 4) is 0 Å². The van der Waals surface area contributed by atoms with Crippen LogP contribution >= 0.6 is 0 Å². The molecule has 0 amide bonds. The van der Waals surface area contributed by atoms with E-state index in [1.54, 1.807) is 0 Å². The highest BCUT2D eigenvalue weighted by atomic mass is 32.2. The van der Waals surface area contributed by atoms with Gasteiger partial charge in [0, 0.05) is 28.3 Å². The maximum Gasteiger partial charge on any atom is 0.416 e. The highest BCUT2D eigenvalue weighted by molar-refractivity contribution is 7.85. The Balaban J connectivity index is 2.77. The summed E-state index contributed by atoms with van der Waals surface area (Å²) in [5.74, 6) is 0.959. The monoisotopic (exact) mass is 293 g/mol. The van der Waals surface area contributed by atoms with Gasteiger partial charge in [0.15, 0.2) is 0 Å². The van der Waals surface area contributed by atoms with Gasteiger partial charge in [-0.05, 0) is 23.6 Å². The van der Waals surface area contributed by atoms with E-state index in [1.165, 1.54) is 12.1 Å². The van der Waals surface area contributed by atoms with Gasteiger partial charge in [0.2, 0.25) is 0 Å². The summed E-state index contributed by atoms with van der Waals surface area (Å²) < 4.78 is 49.4. The molecule has 1 aromatic carbocycles. The smallest absolute Gasteiger partial charge is 0.323 e. The van der Waals surface area contributed by atoms with Gasteiger partial charge in [0.1, 0.15) is 0 Å². The van der Waals surface area contributed by atoms with Gasteiger partial charge in [0.05, 0.1) is 5.56 Å². The minimum atomic E-state index is -4.38. The lowest BCUT2D eigenvalue weighted by Crippen LogP contribution is -2.21. The van der Waals surface area contributed by atoms with E-state index in [9.17, 15) is 17.4 Å². The first kappa shape index (κ1) is 16.2. The van der Waals surface area contributed by atoms with Gasteiger partial charge >= 0.3 is 6.18 Å². The molecule has 0 aliphatic rings. The van der Waals surface area contributed by atoms with Gasteiger partial charge in [-0.3, -0.25) is 4.21 Å². The SMILES string of the molecule is CC(C)CS(=O)CC(N)c1cccc(C(F)(F)F)c1. The van der Waals surface area contributed by atoms with Crippen LogP contribution in [0.15, 0.2) is 24.3 Å². The standard InChI is InChI=1S/C13H18F3NOS/c1-9(2)7-19(18)8-12(17)10-4-3-5-11(6-10)13(14,15)16/h3-6,9,12H,7-8,17H2,1-2H3. The van der Waals surface area contributed by atoms with Gasteiger partial charge in [0.25, 0.3) is 0 Å². The zero-order valence-electron chi connectivity index (χ0n) is 10.9. The van der Waals surface area contributed by atoms with Crippen LogP contribution < -0.4 is 5.73 Å². The summed E-state index contributed by atoms with van der Waals surface area (Å²) in [5.41, 5.74) is 5.46. The lowest BCUT2D eigenvalue weighted by molar-refractivity contribution is -0.137. The normalized spacial score (nSPS) is 15.5. The molecule has 0 spiro atoms. The number of nitrogens with two attached hydrogens (primary N) is 1. The van der Waals surface area contributed by atoms with Crippen molar-refractivity contribution < 1.29 is 17.4 Å². The van der Waals surface area contributed by atoms with Crippen LogP contribution in [0, 0.1) is 5.92 Å². The first-order valence-corrected chi connectivity index (χ1v) is 7.46. The fourth-order valence-corrected chi connectivity index (χ4v) is 3.15. The predicted molar refractivity (Wildman–Crippen MR) is 71.1 cm³/mol. The third-order valence-electron chi connectivity index (χ3n) is 2.53. The van der Waals surface area contributed by atoms with Crippen LogP contribution in [0.3, 0.4) is 0 Å². The van der Waals surface area contributed by atoms with Crippen molar-refractivity contribution in [1.82, 2.24) is 0 Å². The van der Waals surface area contributed by atoms with Crippen molar-refractivity contribution in [2.45, 2.75) is 26.1 Å². The molecular weight excluding hydrogens is 275 g/mol. The number of hydrogen-bond donors (Lipinski definition) is 1. The Morgan fingerprint density at radius 2 is 1.89 bits per heavy atom. The average Bonchev–Trinajstić information content (AvgIpc) is 2.26. The van der Waals surface area contributed by atoms with Crippen LogP contribution in [0.1, 0.15) is 31.0 Å². The second kappa shape index (κ2) is 6.52. The Kier molecular flexibility index (Phi) is 5.55. The number of rotatable bonds is 5. The topological polar surface area (TPSA) is 43.1 Å². The zero-order chi connectivity index (χ0) is 14.6. The number of halogens is 3. The Labute approximate surface area is 113 Å². The largest absolute Gasteiger partial charge is 0.416 e. The first-order valence-electron chi connectivity index (χ1n) is 5.98. The van der Waals surface area contributed by atoms with Crippen LogP contribution in [-0.4, -0.2) is 15.7 Å². The van der Waals surface area contributed by atoms with Gasteiger partial charge in [-0.2, -0.15) is 13.2 Å². The Morgan fingerprint density at radius 3 is 2.42 bits per heavy atom. The maximum absolute atomic E-state index is 12.6. The molecular formula is C13H18F3NOS. The molecule has 19 heavy (non-hydrogen) atoms. The molecule has 0 fully saturated rings. The molecule has 0 radical (unpaired) electrons. The van der Waals surface area contributed by atoms with Crippen LogP contribution in [0.2, 0.25) is 0 Å². The van der Waals surface area contributed by atoms with Crippen molar-refractivity contribution in [2.75, 3.05) is 11.5 Å². The van der Waals surface area contributed by atoms with Crippen LogP contribution in [0.25, 0.3) is 0 Å². The van der Waals surface area contributed by atoms with Gasteiger partial charge < -0.3 is 5.73 Å². The number of benzene rings is 1. The van der Waals surface area contributed by atoms with E-state index in [-0.39, 0.29) is 11.7 Å². The fourth-order valence-electron chi connectivity index (χ4n) is 1.68. The summed E-state index contributed by atoms with van der Waals surface area (Å²) in [6, 6.07) is 4.25. The minimum Gasteiger partial charge on any atom is -0.323 e. The van der Waals surface area contributed by atoms with E-state index in [2.05, 4.69) is 0 Å². The Bertz CT molecular complexity index is 446. The summed E-state index contributed by atoms with van der Waals surface area (Å²) in [6.45, 7) is 3.88. The molecule has 0 aromatic heterocycles. The average molecular weight is 293 g/mol. The summed E-state index contributed by atoms with van der Waals surface area (Å²) in [6.07, 6.45) is -4.38. The fraction of sp³-hybridized carbons (Fsp3) is 0.538. The van der Waals surface area contributed by atoms with Crippen LogP contribution in [0.4, 0.5) is 13.2 Å². The zero-order valence-corrected chi connectivity index (χ0v) is 11.7. The first-order chi connectivity index (χ1) is 8.70. The molecule has 0 saturated heterocycles. The molecule has 108 valence electrons. The van der Waals surface area contributed by atoms with Crippen molar-refractivity contribution >= 4 is 10.8 Å². The molecule has 0 aliphatic heterocycles. The van der Waals surface area contributed by atoms with E-state index in [1.807, 2.05) is 13.8 Å². The second-order valence-electron chi connectivity index (χ2n) is 4.90. The molecule has 0 bridgehead atoms. The lowest BCUT2D eigenvalue weighted by Gasteiger charge is -2.15. The molecule has 2 atom stereocenters. The van der Waals surface area contributed by atoms with Crippen molar-refractivity contribution in [1.29, 1.82) is 0 Å². The summed E-state index contributed by atoms with van der Waals surface area (Å²) in [4.78, 5) is 0. The van der Waals surface area contributed by atoms with Crippen LogP contribution in [-0.2, 0) is 17.0 Å². The van der Waals surface area contributed by atoms with Crippen molar-refractivity contribution in [3.05, 3.63) is 35.4 Å². The van der Waals surface area contributed by atoms with Gasteiger partial charge in [-0.1, -0.05) is 26.0 Å². The quantitative estimate of drug-likeness (QED) is 0.906. The third kappa shape index (κ3) is 5.32. The van der Waals surface area contributed by atoms with Gasteiger partial charge in [-0.15, -0.1) is 0 Å². The van der Waals surface area contributed by atoms with E-state index in [0.29, 0.717) is 11.3 Å². The maximum atomic E-state index is 12.6. The van der Waals surface area contributed by atoms with E-state index in [4.69, 9.17) is 5.73 Å². The highest BCUT2D eigenvalue weighted by Crippen LogP contribution is 2.30. The highest BCUT2D eigenvalue weighted by Gasteiger charge is 2.30. The Morgan fingerprint density at radius 1 is 1.26 bits per heavy atom.